The Kier molecular flexibility index (Phi) is 6.40. The lowest BCUT2D eigenvalue weighted by Gasteiger charge is -2.58. The summed E-state index contributed by atoms with van der Waals surface area (Å²) in [7, 11) is 0. The topological polar surface area (TPSA) is 63.3 Å². The van der Waals surface area contributed by atoms with E-state index in [1.165, 1.54) is 37.7 Å². The summed E-state index contributed by atoms with van der Waals surface area (Å²) in [5.74, 6) is 3.76. The Morgan fingerprint density at radius 1 is 1.16 bits per heavy atom. The van der Waals surface area contributed by atoms with Gasteiger partial charge in [0.2, 0.25) is 5.91 Å². The molecular weight excluding hydrogens is 382 g/mol. The van der Waals surface area contributed by atoms with Gasteiger partial charge in [-0.25, -0.2) is 0 Å². The number of carbonyl (C=O) groups is 1. The highest BCUT2D eigenvalue weighted by Gasteiger charge is 2.62. The number of amides is 1. The number of rotatable bonds is 6. The number of carbonyl (C=O) groups excluding carboxylic acids is 1. The fourth-order valence-corrected chi connectivity index (χ4v) is 9.09. The summed E-state index contributed by atoms with van der Waals surface area (Å²) in [4.78, 5) is 12.7. The van der Waals surface area contributed by atoms with Crippen LogP contribution in [-0.2, 0) is 4.79 Å². The van der Waals surface area contributed by atoms with E-state index < -0.39 is 0 Å². The minimum atomic E-state index is -0.147. The summed E-state index contributed by atoms with van der Waals surface area (Å²) in [5.41, 5.74) is 8.08. The average Bonchev–Trinajstić information content (AvgIpc) is 3.01. The Morgan fingerprint density at radius 2 is 1.90 bits per heavy atom. The fourth-order valence-electron chi connectivity index (χ4n) is 9.09. The van der Waals surface area contributed by atoms with Crippen LogP contribution in [-0.4, -0.2) is 17.1 Å². The summed E-state index contributed by atoms with van der Waals surface area (Å²) in [5, 5.41) is 10.3. The molecule has 0 aromatic heterocycles. The van der Waals surface area contributed by atoms with Crippen LogP contribution in [0.1, 0.15) is 98.8 Å². The first-order valence-electron chi connectivity index (χ1n) is 13.2. The van der Waals surface area contributed by atoms with Crippen molar-refractivity contribution in [3.63, 3.8) is 0 Å². The maximum Gasteiger partial charge on any atom is 0.220 e. The largest absolute Gasteiger partial charge is 0.393 e. The third-order valence-electron chi connectivity index (χ3n) is 10.6. The lowest BCUT2D eigenvalue weighted by atomic mass is 9.47. The van der Waals surface area contributed by atoms with Gasteiger partial charge in [-0.15, -0.1) is 0 Å². The van der Waals surface area contributed by atoms with Gasteiger partial charge in [0.25, 0.3) is 0 Å². The molecule has 3 nitrogen and oxygen atoms in total. The van der Waals surface area contributed by atoms with Crippen molar-refractivity contribution in [2.75, 3.05) is 0 Å². The molecule has 0 aliphatic heterocycles. The summed E-state index contributed by atoms with van der Waals surface area (Å²) in [6, 6.07) is 0. The van der Waals surface area contributed by atoms with Crippen molar-refractivity contribution in [2.45, 2.75) is 105 Å². The maximum absolute atomic E-state index is 12.7. The molecule has 3 saturated carbocycles. The van der Waals surface area contributed by atoms with Crippen LogP contribution in [0.3, 0.4) is 0 Å². The van der Waals surface area contributed by atoms with Crippen LogP contribution < -0.4 is 5.73 Å². The number of primary amides is 1. The molecule has 0 aromatic carbocycles. The first-order valence-corrected chi connectivity index (χ1v) is 13.2. The van der Waals surface area contributed by atoms with E-state index in [-0.39, 0.29) is 28.8 Å². The van der Waals surface area contributed by atoms with Gasteiger partial charge in [-0.05, 0) is 91.3 Å². The van der Waals surface area contributed by atoms with Gasteiger partial charge in [0, 0.05) is 5.92 Å². The Bertz CT molecular complexity index is 714. The third-order valence-corrected chi connectivity index (χ3v) is 10.6. The van der Waals surface area contributed by atoms with E-state index in [1.54, 1.807) is 0 Å². The molecule has 0 spiro atoms. The molecule has 1 unspecified atom stereocenters. The van der Waals surface area contributed by atoms with Gasteiger partial charge in [0.1, 0.15) is 0 Å². The highest BCUT2D eigenvalue weighted by molar-refractivity contribution is 5.77. The van der Waals surface area contributed by atoms with Gasteiger partial charge in [0.05, 0.1) is 6.10 Å². The van der Waals surface area contributed by atoms with E-state index in [0.29, 0.717) is 29.6 Å². The van der Waals surface area contributed by atoms with Crippen molar-refractivity contribution in [3.8, 4) is 0 Å². The second-order valence-electron chi connectivity index (χ2n) is 12.8. The van der Waals surface area contributed by atoms with Crippen molar-refractivity contribution < 1.29 is 9.90 Å². The molecule has 0 saturated heterocycles. The molecule has 0 heterocycles. The van der Waals surface area contributed by atoms with Crippen molar-refractivity contribution in [1.82, 2.24) is 0 Å². The van der Waals surface area contributed by atoms with E-state index in [1.807, 2.05) is 0 Å². The van der Waals surface area contributed by atoms with Gasteiger partial charge in [-0.1, -0.05) is 65.5 Å². The first kappa shape index (κ1) is 23.3. The third kappa shape index (κ3) is 3.91. The average molecular weight is 430 g/mol. The van der Waals surface area contributed by atoms with E-state index >= 15 is 0 Å². The van der Waals surface area contributed by atoms with E-state index in [0.717, 1.165) is 38.0 Å². The second-order valence-corrected chi connectivity index (χ2v) is 12.8. The quantitative estimate of drug-likeness (QED) is 0.501. The normalized spacial score (nSPS) is 45.5. The Morgan fingerprint density at radius 3 is 2.58 bits per heavy atom. The van der Waals surface area contributed by atoms with Crippen molar-refractivity contribution >= 4 is 5.91 Å². The Balaban J connectivity index is 1.59. The van der Waals surface area contributed by atoms with Gasteiger partial charge in [-0.3, -0.25) is 4.79 Å². The molecule has 3 fully saturated rings. The minimum Gasteiger partial charge on any atom is -0.393 e. The summed E-state index contributed by atoms with van der Waals surface area (Å²) >= 11 is 0. The molecule has 3 N–H and O–H groups in total. The monoisotopic (exact) mass is 429 g/mol. The zero-order valence-corrected chi connectivity index (χ0v) is 20.7. The number of aliphatic hydroxyl groups is 1. The van der Waals surface area contributed by atoms with Crippen LogP contribution >= 0.6 is 0 Å². The predicted molar refractivity (Wildman–Crippen MR) is 127 cm³/mol. The lowest BCUT2D eigenvalue weighted by Crippen LogP contribution is -2.51. The predicted octanol–water partition coefficient (Wildman–Crippen LogP) is 6.10. The Hall–Kier alpha value is -0.830. The molecule has 1 amide bonds. The number of hydrogen-bond donors (Lipinski definition) is 2. The van der Waals surface area contributed by atoms with Crippen LogP contribution in [0.4, 0.5) is 0 Å². The molecule has 176 valence electrons. The van der Waals surface area contributed by atoms with E-state index in [2.05, 4.69) is 40.7 Å². The standard InChI is InChI=1S/C28H47NO2/c1-17(2)7-6-8-18(3)25-22(26(29)31)16-24-21-10-9-19-15-20(30)11-13-27(19,4)23(21)12-14-28(24,25)5/h9,17-18,20-25,30H,6-8,10-16H2,1-5H3,(H2,29,31)/t18-,20+,21-,22?,23+,24+,25+,27+,28+/m1/s1. The smallest absolute Gasteiger partial charge is 0.220 e. The van der Waals surface area contributed by atoms with Gasteiger partial charge >= 0.3 is 0 Å². The molecule has 0 radical (unpaired) electrons. The molecule has 4 rings (SSSR count). The van der Waals surface area contributed by atoms with Crippen molar-refractivity contribution in [3.05, 3.63) is 11.6 Å². The SMILES string of the molecule is CC(C)CCC[C@@H](C)[C@H]1C(C(N)=O)C[C@H]2[C@@H]3CC=C4C[C@@H](O)CC[C@]4(C)[C@H]3CC[C@]12C. The molecule has 4 aliphatic rings. The van der Waals surface area contributed by atoms with Crippen LogP contribution in [0.15, 0.2) is 11.6 Å². The number of allylic oxidation sites excluding steroid dienone is 1. The number of fused-ring (bicyclic) bond motifs is 5. The molecule has 4 aliphatic carbocycles. The van der Waals surface area contributed by atoms with Crippen LogP contribution in [0, 0.1) is 52.3 Å². The van der Waals surface area contributed by atoms with Gasteiger partial charge in [-0.2, -0.15) is 0 Å². The highest BCUT2D eigenvalue weighted by atomic mass is 16.3. The van der Waals surface area contributed by atoms with Crippen LogP contribution in [0.2, 0.25) is 0 Å². The maximum atomic E-state index is 12.7. The number of hydrogen-bond acceptors (Lipinski definition) is 2. The van der Waals surface area contributed by atoms with Gasteiger partial charge in [0.15, 0.2) is 0 Å². The van der Waals surface area contributed by atoms with Crippen LogP contribution in [0.25, 0.3) is 0 Å². The number of aliphatic hydroxyl groups excluding tert-OH is 1. The minimum absolute atomic E-state index is 0.0491. The molecule has 0 aromatic rings. The second kappa shape index (κ2) is 8.50. The molecule has 0 bridgehead atoms. The lowest BCUT2D eigenvalue weighted by molar-refractivity contribution is -0.124. The van der Waals surface area contributed by atoms with E-state index in [4.69, 9.17) is 5.73 Å². The fraction of sp³-hybridized carbons (Fsp3) is 0.893. The summed E-state index contributed by atoms with van der Waals surface area (Å²) in [6.45, 7) is 12.0. The highest BCUT2D eigenvalue weighted by Crippen LogP contribution is 2.68. The first-order chi connectivity index (χ1) is 14.6. The van der Waals surface area contributed by atoms with Gasteiger partial charge < -0.3 is 10.8 Å². The van der Waals surface area contributed by atoms with Crippen molar-refractivity contribution in [2.24, 2.45) is 58.0 Å². The van der Waals surface area contributed by atoms with Crippen molar-refractivity contribution in [1.29, 1.82) is 0 Å². The molecule has 3 heteroatoms. The summed E-state index contributed by atoms with van der Waals surface area (Å²) in [6.07, 6.45) is 13.7. The molecule has 31 heavy (non-hydrogen) atoms. The zero-order valence-electron chi connectivity index (χ0n) is 20.7. The zero-order chi connectivity index (χ0) is 22.6. The van der Waals surface area contributed by atoms with E-state index in [9.17, 15) is 9.90 Å². The van der Waals surface area contributed by atoms with Crippen LogP contribution in [0.5, 0.6) is 0 Å². The number of nitrogens with two attached hydrogens (primary N) is 1. The molecular formula is C28H47NO2. The molecule has 9 atom stereocenters. The Labute approximate surface area is 190 Å². The summed E-state index contributed by atoms with van der Waals surface area (Å²) < 4.78 is 0.